The maximum atomic E-state index is 15.0. The first-order chi connectivity index (χ1) is 19.3. The largest absolute Gasteiger partial charge is 0.432 e. The molecule has 3 aromatic rings. The molecule has 0 bridgehead atoms. The van der Waals surface area contributed by atoms with Gasteiger partial charge in [0, 0.05) is 28.8 Å². The minimum absolute atomic E-state index is 0.0157. The lowest BCUT2D eigenvalue weighted by Crippen LogP contribution is -2.37. The lowest BCUT2D eigenvalue weighted by molar-refractivity contribution is -0.223. The van der Waals surface area contributed by atoms with Crippen LogP contribution in [-0.2, 0) is 0 Å². The highest BCUT2D eigenvalue weighted by Gasteiger charge is 2.44. The number of hydrogen-bond donors (Lipinski definition) is 0. The Morgan fingerprint density at radius 1 is 0.732 bits per heavy atom. The van der Waals surface area contributed by atoms with Crippen molar-refractivity contribution < 1.29 is 44.3 Å². The van der Waals surface area contributed by atoms with Crippen molar-refractivity contribution >= 4 is 6.08 Å². The molecule has 220 valence electrons. The summed E-state index contributed by atoms with van der Waals surface area (Å²) >= 11 is 0. The van der Waals surface area contributed by atoms with Crippen molar-refractivity contribution in [3.8, 4) is 28.0 Å². The number of rotatable bonds is 8. The lowest BCUT2D eigenvalue weighted by Gasteiger charge is -2.33. The summed E-state index contributed by atoms with van der Waals surface area (Å²) in [5, 5.41) is 0. The molecule has 41 heavy (non-hydrogen) atoms. The molecule has 10 heteroatoms. The zero-order valence-electron chi connectivity index (χ0n) is 22.0. The number of benzene rings is 3. The molecule has 1 fully saturated rings. The summed E-state index contributed by atoms with van der Waals surface area (Å²) in [4.78, 5) is 0. The lowest BCUT2D eigenvalue weighted by atomic mass is 9.79. The van der Waals surface area contributed by atoms with Crippen LogP contribution in [0.15, 0.2) is 54.6 Å². The van der Waals surface area contributed by atoms with Crippen LogP contribution in [0, 0.1) is 35.1 Å². The molecule has 1 aliphatic carbocycles. The van der Waals surface area contributed by atoms with E-state index < -0.39 is 47.0 Å². The molecule has 0 saturated heterocycles. The average Bonchev–Trinajstić information content (AvgIpc) is 2.88. The van der Waals surface area contributed by atoms with Crippen LogP contribution in [0.3, 0.4) is 0 Å². The highest BCUT2D eigenvalue weighted by molar-refractivity contribution is 5.73. The molecule has 4 rings (SSSR count). The van der Waals surface area contributed by atoms with Crippen LogP contribution < -0.4 is 4.74 Å². The Hall–Kier alpha value is -3.43. The fourth-order valence-electron chi connectivity index (χ4n) is 5.22. The van der Waals surface area contributed by atoms with E-state index in [1.807, 2.05) is 0 Å². The van der Waals surface area contributed by atoms with Crippen LogP contribution in [0.25, 0.3) is 28.3 Å². The molecule has 1 saturated carbocycles. The van der Waals surface area contributed by atoms with Crippen LogP contribution in [0.2, 0.25) is 0 Å². The summed E-state index contributed by atoms with van der Waals surface area (Å²) in [6, 6.07) is 7.74. The highest BCUT2D eigenvalue weighted by Crippen LogP contribution is 2.42. The van der Waals surface area contributed by atoms with Gasteiger partial charge in [0.2, 0.25) is 0 Å². The normalized spacial score (nSPS) is 18.2. The first-order valence-electron chi connectivity index (χ1n) is 13.2. The number of hydrogen-bond acceptors (Lipinski definition) is 1. The molecule has 0 unspecified atom stereocenters. The van der Waals surface area contributed by atoms with Crippen LogP contribution >= 0.6 is 0 Å². The van der Waals surface area contributed by atoms with E-state index >= 15 is 0 Å². The van der Waals surface area contributed by atoms with Gasteiger partial charge in [-0.25, -0.2) is 17.6 Å². The molecule has 0 spiro atoms. The predicted octanol–water partition coefficient (Wildman–Crippen LogP) is 10.7. The van der Waals surface area contributed by atoms with Gasteiger partial charge >= 0.3 is 12.3 Å². The third-order valence-corrected chi connectivity index (χ3v) is 7.32. The number of ether oxygens (including phenoxy) is 1. The molecule has 1 nitrogen and oxygen atoms in total. The predicted molar refractivity (Wildman–Crippen MR) is 138 cm³/mol. The third-order valence-electron chi connectivity index (χ3n) is 7.32. The van der Waals surface area contributed by atoms with Crippen molar-refractivity contribution in [1.82, 2.24) is 0 Å². The van der Waals surface area contributed by atoms with E-state index in [4.69, 9.17) is 4.74 Å². The Bertz CT molecular complexity index is 1380. The molecule has 3 aromatic carbocycles. The molecule has 0 atom stereocenters. The molecule has 0 N–H and O–H groups in total. The van der Waals surface area contributed by atoms with Crippen molar-refractivity contribution in [3.05, 3.63) is 83.4 Å². The van der Waals surface area contributed by atoms with Crippen LogP contribution in [0.4, 0.5) is 39.5 Å². The number of allylic oxidation sites excluding steroid dienone is 1. The minimum Gasteiger partial charge on any atom is -0.432 e. The summed E-state index contributed by atoms with van der Waals surface area (Å²) in [7, 11) is 0. The molecule has 0 amide bonds. The zero-order chi connectivity index (χ0) is 29.9. The van der Waals surface area contributed by atoms with E-state index in [2.05, 4.69) is 6.92 Å². The highest BCUT2D eigenvalue weighted by atomic mass is 19.4. The minimum atomic E-state index is -4.78. The van der Waals surface area contributed by atoms with Gasteiger partial charge in [0.05, 0.1) is 5.92 Å². The monoisotopic (exact) mass is 586 g/mol. The van der Waals surface area contributed by atoms with E-state index in [-0.39, 0.29) is 40.2 Å². The van der Waals surface area contributed by atoms with Crippen LogP contribution in [-0.4, -0.2) is 12.3 Å². The Morgan fingerprint density at radius 3 is 1.85 bits per heavy atom. The van der Waals surface area contributed by atoms with E-state index in [0.717, 1.165) is 43.2 Å². The maximum Gasteiger partial charge on any atom is 0.409 e. The first-order valence-corrected chi connectivity index (χ1v) is 13.2. The third kappa shape index (κ3) is 7.45. The summed E-state index contributed by atoms with van der Waals surface area (Å²) in [6.07, 6.45) is -4.38. The van der Waals surface area contributed by atoms with Gasteiger partial charge in [0.25, 0.3) is 0 Å². The molecular formula is C31H27F9O. The summed E-state index contributed by atoms with van der Waals surface area (Å²) in [6.45, 7) is 2.05. The van der Waals surface area contributed by atoms with Gasteiger partial charge in [0.15, 0.2) is 0 Å². The molecule has 0 heterocycles. The quantitative estimate of drug-likeness (QED) is 0.239. The SMILES string of the molecule is CCCC1CCC(C(F)(F)Oc2ccc(-c3ccc(-c4cc(F)c(C=CC(F)(F)F)c(F)c4)c(F)c3)c(F)c2)CC1. The van der Waals surface area contributed by atoms with E-state index in [9.17, 15) is 39.5 Å². The zero-order valence-corrected chi connectivity index (χ0v) is 22.0. The van der Waals surface area contributed by atoms with Gasteiger partial charge in [0.1, 0.15) is 29.0 Å². The second-order valence-corrected chi connectivity index (χ2v) is 10.2. The van der Waals surface area contributed by atoms with Gasteiger partial charge < -0.3 is 4.74 Å². The van der Waals surface area contributed by atoms with E-state index in [1.165, 1.54) is 6.07 Å². The first kappa shape index (κ1) is 30.5. The van der Waals surface area contributed by atoms with Crippen molar-refractivity contribution in [2.45, 2.75) is 57.7 Å². The van der Waals surface area contributed by atoms with Gasteiger partial charge in [-0.3, -0.25) is 0 Å². The standard InChI is InChI=1S/C31H27F9O/c1-2-3-18-4-7-21(8-5-18)31(39,40)41-22-9-11-23(29(35)17-22)19-6-10-24(26(32)14-19)20-15-27(33)25(28(34)16-20)12-13-30(36,37)38/h6,9-18,21H,2-5,7-8H2,1H3. The molecule has 0 aliphatic heterocycles. The Kier molecular flexibility index (Phi) is 9.09. The van der Waals surface area contributed by atoms with Crippen LogP contribution in [0.5, 0.6) is 5.75 Å². The maximum absolute atomic E-state index is 15.0. The second-order valence-electron chi connectivity index (χ2n) is 10.2. The summed E-state index contributed by atoms with van der Waals surface area (Å²) in [5.74, 6) is -5.56. The Balaban J connectivity index is 1.51. The van der Waals surface area contributed by atoms with Crippen molar-refractivity contribution in [2.75, 3.05) is 0 Å². The Morgan fingerprint density at radius 2 is 1.29 bits per heavy atom. The average molecular weight is 587 g/mol. The van der Waals surface area contributed by atoms with Gasteiger partial charge in [-0.05, 0) is 79.1 Å². The fraction of sp³-hybridized carbons (Fsp3) is 0.355. The number of halogens is 9. The van der Waals surface area contributed by atoms with E-state index in [1.54, 1.807) is 0 Å². The van der Waals surface area contributed by atoms with Crippen molar-refractivity contribution in [2.24, 2.45) is 11.8 Å². The Labute approximate surface area is 231 Å². The second kappa shape index (κ2) is 12.2. The molecule has 1 aliphatic rings. The molecular weight excluding hydrogens is 559 g/mol. The number of alkyl halides is 5. The molecule has 0 radical (unpaired) electrons. The van der Waals surface area contributed by atoms with Crippen LogP contribution in [0.1, 0.15) is 51.0 Å². The van der Waals surface area contributed by atoms with Gasteiger partial charge in [-0.15, -0.1) is 0 Å². The molecule has 0 aromatic heterocycles. The van der Waals surface area contributed by atoms with Gasteiger partial charge in [-0.2, -0.15) is 22.0 Å². The van der Waals surface area contributed by atoms with Crippen molar-refractivity contribution in [3.63, 3.8) is 0 Å². The topological polar surface area (TPSA) is 9.23 Å². The van der Waals surface area contributed by atoms with Gasteiger partial charge in [-0.1, -0.05) is 31.9 Å². The summed E-state index contributed by atoms with van der Waals surface area (Å²) in [5.41, 5.74) is -1.63. The summed E-state index contributed by atoms with van der Waals surface area (Å²) < 4.78 is 130. The van der Waals surface area contributed by atoms with E-state index in [0.29, 0.717) is 43.7 Å². The fourth-order valence-corrected chi connectivity index (χ4v) is 5.22. The van der Waals surface area contributed by atoms with Crippen molar-refractivity contribution in [1.29, 1.82) is 0 Å². The smallest absolute Gasteiger partial charge is 0.409 e.